The monoisotopic (exact) mass is 390 g/mol. The second-order valence-corrected chi connectivity index (χ2v) is 6.90. The van der Waals surface area contributed by atoms with Crippen LogP contribution in [-0.2, 0) is 12.3 Å². The Labute approximate surface area is 159 Å². The summed E-state index contributed by atoms with van der Waals surface area (Å²) in [6.07, 6.45) is 1.64. The van der Waals surface area contributed by atoms with Crippen LogP contribution in [0.3, 0.4) is 0 Å². The van der Waals surface area contributed by atoms with Crippen molar-refractivity contribution in [3.63, 3.8) is 0 Å². The predicted octanol–water partition coefficient (Wildman–Crippen LogP) is 4.68. The lowest BCUT2D eigenvalue weighted by atomic mass is 10.2. The van der Waals surface area contributed by atoms with Crippen molar-refractivity contribution in [1.82, 2.24) is 9.55 Å². The fourth-order valence-electron chi connectivity index (χ4n) is 2.52. The molecule has 4 nitrogen and oxygen atoms in total. The number of allylic oxidation sites excluding steroid dienone is 1. The maximum atomic E-state index is 13.9. The molecule has 0 N–H and O–H groups in total. The van der Waals surface area contributed by atoms with Gasteiger partial charge in [-0.3, -0.25) is 9.36 Å². The average Bonchev–Trinajstić information content (AvgIpc) is 2.63. The lowest BCUT2D eigenvalue weighted by Gasteiger charge is -2.12. The number of hydrogen-bond acceptors (Lipinski definition) is 4. The third kappa shape index (κ3) is 3.76. The zero-order valence-corrected chi connectivity index (χ0v) is 15.6. The van der Waals surface area contributed by atoms with Crippen LogP contribution in [0, 0.1) is 5.82 Å². The summed E-state index contributed by atoms with van der Waals surface area (Å²) in [5.41, 5.74) is 1.16. The van der Waals surface area contributed by atoms with Crippen molar-refractivity contribution >= 4 is 34.3 Å². The lowest BCUT2D eigenvalue weighted by molar-refractivity contribution is 0.386. The molecule has 0 saturated heterocycles. The van der Waals surface area contributed by atoms with Crippen LogP contribution in [0.15, 0.2) is 59.0 Å². The number of nitrogens with zero attached hydrogens (tertiary/aromatic N) is 2. The summed E-state index contributed by atoms with van der Waals surface area (Å²) < 4.78 is 20.3. The summed E-state index contributed by atoms with van der Waals surface area (Å²) in [7, 11) is 1.42. The molecule has 134 valence electrons. The number of ether oxygens (including phenoxy) is 1. The number of rotatable bonds is 6. The van der Waals surface area contributed by atoms with Gasteiger partial charge in [-0.1, -0.05) is 35.5 Å². The molecule has 0 amide bonds. The zero-order valence-electron chi connectivity index (χ0n) is 14.0. The Kier molecular flexibility index (Phi) is 5.64. The van der Waals surface area contributed by atoms with Crippen molar-refractivity contribution in [2.45, 2.75) is 17.5 Å². The molecule has 7 heteroatoms. The smallest absolute Gasteiger partial charge is 0.262 e. The van der Waals surface area contributed by atoms with Gasteiger partial charge in [0.25, 0.3) is 5.56 Å². The van der Waals surface area contributed by atoms with Gasteiger partial charge in [-0.2, -0.15) is 0 Å². The number of aromatic nitrogens is 2. The molecule has 0 aliphatic heterocycles. The summed E-state index contributed by atoms with van der Waals surface area (Å²) in [5.74, 6) is 0.238. The molecular formula is C19H16ClFN2O2S. The van der Waals surface area contributed by atoms with Crippen LogP contribution in [0.1, 0.15) is 5.56 Å². The van der Waals surface area contributed by atoms with Gasteiger partial charge in [0.15, 0.2) is 16.7 Å². The van der Waals surface area contributed by atoms with Crippen molar-refractivity contribution in [3.8, 4) is 5.75 Å². The van der Waals surface area contributed by atoms with Gasteiger partial charge in [0, 0.05) is 17.3 Å². The average molecular weight is 391 g/mol. The van der Waals surface area contributed by atoms with Gasteiger partial charge in [-0.05, 0) is 35.9 Å². The normalized spacial score (nSPS) is 10.9. The molecule has 0 aliphatic carbocycles. The van der Waals surface area contributed by atoms with E-state index in [0.29, 0.717) is 33.4 Å². The molecule has 0 bridgehead atoms. The van der Waals surface area contributed by atoms with Crippen LogP contribution < -0.4 is 10.3 Å². The molecule has 0 spiro atoms. The first kappa shape index (κ1) is 18.5. The fourth-order valence-corrected chi connectivity index (χ4v) is 3.64. The van der Waals surface area contributed by atoms with E-state index in [2.05, 4.69) is 11.6 Å². The predicted molar refractivity (Wildman–Crippen MR) is 104 cm³/mol. The first-order valence-corrected chi connectivity index (χ1v) is 9.16. The highest BCUT2D eigenvalue weighted by molar-refractivity contribution is 7.98. The van der Waals surface area contributed by atoms with E-state index in [1.165, 1.54) is 29.5 Å². The molecule has 2 aromatic carbocycles. The van der Waals surface area contributed by atoms with Crippen molar-refractivity contribution in [3.05, 3.63) is 75.8 Å². The summed E-state index contributed by atoms with van der Waals surface area (Å²) >= 11 is 7.35. The second kappa shape index (κ2) is 7.93. The van der Waals surface area contributed by atoms with Crippen molar-refractivity contribution in [1.29, 1.82) is 0 Å². The van der Waals surface area contributed by atoms with Crippen molar-refractivity contribution in [2.75, 3.05) is 7.11 Å². The number of benzene rings is 2. The summed E-state index contributed by atoms with van der Waals surface area (Å²) in [6, 6.07) is 9.81. The molecule has 0 atom stereocenters. The highest BCUT2D eigenvalue weighted by atomic mass is 35.5. The third-order valence-electron chi connectivity index (χ3n) is 3.78. The van der Waals surface area contributed by atoms with Gasteiger partial charge in [-0.25, -0.2) is 9.37 Å². The van der Waals surface area contributed by atoms with Crippen molar-refractivity contribution < 1.29 is 9.13 Å². The first-order chi connectivity index (χ1) is 12.5. The van der Waals surface area contributed by atoms with E-state index in [1.807, 2.05) is 0 Å². The second-order valence-electron chi connectivity index (χ2n) is 5.52. The quantitative estimate of drug-likeness (QED) is 0.348. The van der Waals surface area contributed by atoms with Crippen LogP contribution >= 0.6 is 23.4 Å². The molecule has 0 fully saturated rings. The van der Waals surface area contributed by atoms with Crippen LogP contribution in [0.2, 0.25) is 5.02 Å². The highest BCUT2D eigenvalue weighted by Gasteiger charge is 2.12. The Morgan fingerprint density at radius 3 is 2.85 bits per heavy atom. The molecule has 3 rings (SSSR count). The van der Waals surface area contributed by atoms with Gasteiger partial charge >= 0.3 is 0 Å². The van der Waals surface area contributed by atoms with Gasteiger partial charge < -0.3 is 4.74 Å². The maximum Gasteiger partial charge on any atom is 0.262 e. The topological polar surface area (TPSA) is 44.1 Å². The van der Waals surface area contributed by atoms with E-state index in [0.717, 1.165) is 5.56 Å². The largest absolute Gasteiger partial charge is 0.494 e. The summed E-state index contributed by atoms with van der Waals surface area (Å²) in [5, 5.41) is 1.48. The molecule has 0 saturated carbocycles. The molecular weight excluding hydrogens is 375 g/mol. The van der Waals surface area contributed by atoms with Gasteiger partial charge in [0.2, 0.25) is 0 Å². The molecule has 1 aromatic heterocycles. The van der Waals surface area contributed by atoms with Gasteiger partial charge in [0.1, 0.15) is 0 Å². The molecule has 3 aromatic rings. The maximum absolute atomic E-state index is 13.9. The molecule has 0 radical (unpaired) electrons. The van der Waals surface area contributed by atoms with Crippen LogP contribution in [0.25, 0.3) is 10.9 Å². The number of halogens is 2. The minimum atomic E-state index is -0.421. The fraction of sp³-hybridized carbons (Fsp3) is 0.158. The molecule has 1 heterocycles. The molecule has 26 heavy (non-hydrogen) atoms. The first-order valence-electron chi connectivity index (χ1n) is 7.79. The standard InChI is InChI=1S/C19H16ClFN2O2S/c1-3-8-23-18(24)14-10-13(20)5-6-16(14)22-19(23)26-11-12-4-7-17(25-2)15(21)9-12/h3-7,9-10H,1,8,11H2,2H3. The number of fused-ring (bicyclic) bond motifs is 1. The molecule has 0 aliphatic rings. The van der Waals surface area contributed by atoms with E-state index in [1.54, 1.807) is 36.4 Å². The zero-order chi connectivity index (χ0) is 18.7. The summed E-state index contributed by atoms with van der Waals surface area (Å²) in [4.78, 5) is 17.3. The van der Waals surface area contributed by atoms with E-state index in [9.17, 15) is 9.18 Å². The Morgan fingerprint density at radius 1 is 1.35 bits per heavy atom. The Hall–Kier alpha value is -2.31. The third-order valence-corrected chi connectivity index (χ3v) is 5.06. The minimum Gasteiger partial charge on any atom is -0.494 e. The Balaban J connectivity index is 1.97. The number of methoxy groups -OCH3 is 1. The van der Waals surface area contributed by atoms with Crippen molar-refractivity contribution in [2.24, 2.45) is 0 Å². The highest BCUT2D eigenvalue weighted by Crippen LogP contribution is 2.25. The Bertz CT molecular complexity index is 1040. The molecule has 0 unspecified atom stereocenters. The van der Waals surface area contributed by atoms with Crippen LogP contribution in [0.5, 0.6) is 5.75 Å². The van der Waals surface area contributed by atoms with E-state index < -0.39 is 5.82 Å². The summed E-state index contributed by atoms with van der Waals surface area (Å²) in [6.45, 7) is 4.03. The lowest BCUT2D eigenvalue weighted by Crippen LogP contribution is -2.22. The van der Waals surface area contributed by atoms with Crippen LogP contribution in [-0.4, -0.2) is 16.7 Å². The van der Waals surface area contributed by atoms with Gasteiger partial charge in [-0.15, -0.1) is 6.58 Å². The SMILES string of the molecule is C=CCn1c(SCc2ccc(OC)c(F)c2)nc2ccc(Cl)cc2c1=O. The van der Waals surface area contributed by atoms with Gasteiger partial charge in [0.05, 0.1) is 18.0 Å². The minimum absolute atomic E-state index is 0.180. The van der Waals surface area contributed by atoms with E-state index >= 15 is 0 Å². The van der Waals surface area contributed by atoms with E-state index in [-0.39, 0.29) is 11.3 Å². The number of thioether (sulfide) groups is 1. The number of hydrogen-bond donors (Lipinski definition) is 0. The van der Waals surface area contributed by atoms with E-state index in [4.69, 9.17) is 16.3 Å². The van der Waals surface area contributed by atoms with Crippen LogP contribution in [0.4, 0.5) is 4.39 Å². The Morgan fingerprint density at radius 2 is 2.15 bits per heavy atom.